The van der Waals surface area contributed by atoms with E-state index in [1.165, 1.54) is 23.9 Å². The highest BCUT2D eigenvalue weighted by atomic mass is 32.2. The minimum Gasteiger partial charge on any atom is -0.352 e. The number of nitrogens with zero attached hydrogens (tertiary/aromatic N) is 1. The Balaban J connectivity index is 1.85. The van der Waals surface area contributed by atoms with Gasteiger partial charge in [0.25, 0.3) is 0 Å². The fourth-order valence-corrected chi connectivity index (χ4v) is 4.79. The van der Waals surface area contributed by atoms with Crippen LogP contribution in [0.3, 0.4) is 0 Å². The van der Waals surface area contributed by atoms with Crippen LogP contribution in [0.15, 0.2) is 78.9 Å². The molecule has 36 heavy (non-hydrogen) atoms. The maximum atomic E-state index is 13.6. The summed E-state index contributed by atoms with van der Waals surface area (Å²) >= 11 is 1.47. The zero-order valence-corrected chi connectivity index (χ0v) is 22.1. The Morgan fingerprint density at radius 3 is 2.31 bits per heavy atom. The molecule has 0 saturated heterocycles. The van der Waals surface area contributed by atoms with Crippen LogP contribution in [0, 0.1) is 12.7 Å². The fraction of sp³-hybridized carbons (Fsp3) is 0.333. The first-order valence-electron chi connectivity index (χ1n) is 12.4. The van der Waals surface area contributed by atoms with E-state index >= 15 is 0 Å². The van der Waals surface area contributed by atoms with Crippen molar-refractivity contribution in [2.45, 2.75) is 58.0 Å². The largest absolute Gasteiger partial charge is 0.352 e. The molecule has 0 aromatic heterocycles. The maximum absolute atomic E-state index is 13.6. The lowest BCUT2D eigenvalue weighted by atomic mass is 10.0. The SMILES string of the molecule is CC[C@@H](C)NC(=O)[C@H](Cc1ccccc1)N(Cc1cccc(C)c1)C(=O)CSCc1ccc(F)cc1. The third kappa shape index (κ3) is 8.52. The molecule has 0 bridgehead atoms. The zero-order chi connectivity index (χ0) is 25.9. The van der Waals surface area contributed by atoms with Crippen LogP contribution in [0.4, 0.5) is 4.39 Å². The standard InChI is InChI=1S/C30H35FN2O2S/c1-4-23(3)32-30(35)28(18-24-10-6-5-7-11-24)33(19-26-12-8-9-22(2)17-26)29(34)21-36-20-25-13-15-27(31)16-14-25/h5-17,23,28H,4,18-21H2,1-3H3,(H,32,35)/t23-,28+/m1/s1. The Hall–Kier alpha value is -3.12. The summed E-state index contributed by atoms with van der Waals surface area (Å²) in [4.78, 5) is 28.9. The normalized spacial score (nSPS) is 12.6. The Morgan fingerprint density at radius 1 is 0.944 bits per heavy atom. The van der Waals surface area contributed by atoms with Crippen LogP contribution in [0.2, 0.25) is 0 Å². The zero-order valence-electron chi connectivity index (χ0n) is 21.2. The predicted octanol–water partition coefficient (Wildman–Crippen LogP) is 5.92. The van der Waals surface area contributed by atoms with Gasteiger partial charge in [-0.1, -0.05) is 79.2 Å². The molecule has 0 aliphatic rings. The van der Waals surface area contributed by atoms with Crippen molar-refractivity contribution in [1.29, 1.82) is 0 Å². The van der Waals surface area contributed by atoms with Gasteiger partial charge in [-0.15, -0.1) is 11.8 Å². The molecular formula is C30H35FN2O2S. The van der Waals surface area contributed by atoms with Gasteiger partial charge in [0.2, 0.25) is 11.8 Å². The number of hydrogen-bond acceptors (Lipinski definition) is 3. The van der Waals surface area contributed by atoms with Crippen LogP contribution in [-0.4, -0.2) is 34.6 Å². The molecule has 2 amide bonds. The molecule has 0 aliphatic heterocycles. The van der Waals surface area contributed by atoms with Gasteiger partial charge in [-0.05, 0) is 49.1 Å². The Labute approximate surface area is 218 Å². The lowest BCUT2D eigenvalue weighted by Crippen LogP contribution is -2.52. The summed E-state index contributed by atoms with van der Waals surface area (Å²) in [5, 5.41) is 3.09. The van der Waals surface area contributed by atoms with Crippen molar-refractivity contribution < 1.29 is 14.0 Å². The molecular weight excluding hydrogens is 471 g/mol. The first-order valence-corrected chi connectivity index (χ1v) is 13.5. The molecule has 0 saturated carbocycles. The van der Waals surface area contributed by atoms with Gasteiger partial charge < -0.3 is 10.2 Å². The summed E-state index contributed by atoms with van der Waals surface area (Å²) in [6, 6.07) is 23.5. The molecule has 1 N–H and O–H groups in total. The first-order chi connectivity index (χ1) is 17.4. The van der Waals surface area contributed by atoms with Gasteiger partial charge in [-0.3, -0.25) is 9.59 Å². The molecule has 190 valence electrons. The van der Waals surface area contributed by atoms with E-state index in [4.69, 9.17) is 0 Å². The fourth-order valence-electron chi connectivity index (χ4n) is 3.92. The van der Waals surface area contributed by atoms with Gasteiger partial charge in [0.05, 0.1) is 5.75 Å². The van der Waals surface area contributed by atoms with E-state index in [2.05, 4.69) is 11.4 Å². The second-order valence-corrected chi connectivity index (χ2v) is 10.1. The van der Waals surface area contributed by atoms with Crippen LogP contribution in [-0.2, 0) is 28.3 Å². The third-order valence-electron chi connectivity index (χ3n) is 6.12. The van der Waals surface area contributed by atoms with Crippen LogP contribution in [0.25, 0.3) is 0 Å². The predicted molar refractivity (Wildman–Crippen MR) is 146 cm³/mol. The monoisotopic (exact) mass is 506 g/mol. The number of thioether (sulfide) groups is 1. The summed E-state index contributed by atoms with van der Waals surface area (Å²) in [6.45, 7) is 6.37. The van der Waals surface area contributed by atoms with Crippen LogP contribution in [0.5, 0.6) is 0 Å². The number of carbonyl (C=O) groups is 2. The first kappa shape index (κ1) is 27.5. The molecule has 2 atom stereocenters. The second-order valence-electron chi connectivity index (χ2n) is 9.15. The Kier molecular flexibility index (Phi) is 10.6. The number of benzene rings is 3. The van der Waals surface area contributed by atoms with Crippen molar-refractivity contribution in [3.05, 3.63) is 107 Å². The number of hydrogen-bond donors (Lipinski definition) is 1. The summed E-state index contributed by atoms with van der Waals surface area (Å²) in [5.74, 6) is 0.305. The van der Waals surface area contributed by atoms with Crippen molar-refractivity contribution in [1.82, 2.24) is 10.2 Å². The van der Waals surface area contributed by atoms with Crippen molar-refractivity contribution in [3.63, 3.8) is 0 Å². The Bertz CT molecular complexity index is 1120. The number of halogens is 1. The molecule has 3 rings (SSSR count). The van der Waals surface area contributed by atoms with Gasteiger partial charge in [-0.25, -0.2) is 4.39 Å². The molecule has 0 spiro atoms. The highest BCUT2D eigenvalue weighted by Gasteiger charge is 2.30. The molecule has 0 aliphatic carbocycles. The maximum Gasteiger partial charge on any atom is 0.243 e. The quantitative estimate of drug-likeness (QED) is 0.332. The van der Waals surface area contributed by atoms with E-state index in [-0.39, 0.29) is 29.4 Å². The minimum absolute atomic E-state index is 0.0135. The third-order valence-corrected chi connectivity index (χ3v) is 7.10. The molecule has 0 heterocycles. The van der Waals surface area contributed by atoms with E-state index in [9.17, 15) is 14.0 Å². The number of nitrogens with one attached hydrogen (secondary N) is 1. The van der Waals surface area contributed by atoms with Gasteiger partial charge in [0, 0.05) is 24.8 Å². The Morgan fingerprint density at radius 2 is 1.64 bits per heavy atom. The van der Waals surface area contributed by atoms with E-state index in [1.807, 2.05) is 69.3 Å². The van der Waals surface area contributed by atoms with Gasteiger partial charge in [-0.2, -0.15) is 0 Å². The molecule has 6 heteroatoms. The molecule has 0 fully saturated rings. The highest BCUT2D eigenvalue weighted by molar-refractivity contribution is 7.99. The van der Waals surface area contributed by atoms with Crippen LogP contribution < -0.4 is 5.32 Å². The molecule has 4 nitrogen and oxygen atoms in total. The number of aryl methyl sites for hydroxylation is 1. The van der Waals surface area contributed by atoms with E-state index in [1.54, 1.807) is 17.0 Å². The van der Waals surface area contributed by atoms with E-state index < -0.39 is 6.04 Å². The summed E-state index contributed by atoms with van der Waals surface area (Å²) < 4.78 is 13.2. The average Bonchev–Trinajstić information content (AvgIpc) is 2.87. The van der Waals surface area contributed by atoms with E-state index in [0.29, 0.717) is 18.7 Å². The number of amides is 2. The number of rotatable bonds is 12. The molecule has 0 radical (unpaired) electrons. The van der Waals surface area contributed by atoms with Crippen LogP contribution >= 0.6 is 11.8 Å². The number of carbonyl (C=O) groups excluding carboxylic acids is 2. The molecule has 0 unspecified atom stereocenters. The minimum atomic E-state index is -0.638. The van der Waals surface area contributed by atoms with Crippen LogP contribution in [0.1, 0.15) is 42.5 Å². The van der Waals surface area contributed by atoms with Crippen molar-refractivity contribution in [3.8, 4) is 0 Å². The van der Waals surface area contributed by atoms with Gasteiger partial charge in [0.15, 0.2) is 0 Å². The summed E-state index contributed by atoms with van der Waals surface area (Å²) in [7, 11) is 0. The average molecular weight is 507 g/mol. The smallest absolute Gasteiger partial charge is 0.243 e. The molecule has 3 aromatic carbocycles. The van der Waals surface area contributed by atoms with Gasteiger partial charge in [0.1, 0.15) is 11.9 Å². The summed E-state index contributed by atoms with van der Waals surface area (Å²) in [5.41, 5.74) is 4.05. The lowest BCUT2D eigenvalue weighted by Gasteiger charge is -2.32. The highest BCUT2D eigenvalue weighted by Crippen LogP contribution is 2.19. The van der Waals surface area contributed by atoms with Gasteiger partial charge >= 0.3 is 0 Å². The van der Waals surface area contributed by atoms with Crippen molar-refractivity contribution in [2.24, 2.45) is 0 Å². The molecule has 3 aromatic rings. The topological polar surface area (TPSA) is 49.4 Å². The second kappa shape index (κ2) is 13.8. The van der Waals surface area contributed by atoms with Crippen molar-refractivity contribution in [2.75, 3.05) is 5.75 Å². The van der Waals surface area contributed by atoms with E-state index in [0.717, 1.165) is 28.7 Å². The van der Waals surface area contributed by atoms with Crippen molar-refractivity contribution >= 4 is 23.6 Å². The lowest BCUT2D eigenvalue weighted by molar-refractivity contribution is -0.139. The summed E-state index contributed by atoms with van der Waals surface area (Å²) in [6.07, 6.45) is 1.24.